The summed E-state index contributed by atoms with van der Waals surface area (Å²) in [7, 11) is 0. The second-order valence-electron chi connectivity index (χ2n) is 10.6. The van der Waals surface area contributed by atoms with Crippen molar-refractivity contribution in [3.8, 4) is 11.1 Å². The topological polar surface area (TPSA) is 3.24 Å². The zero-order chi connectivity index (χ0) is 27.2. The van der Waals surface area contributed by atoms with Crippen LogP contribution in [0.4, 0.5) is 17.1 Å². The Labute approximate surface area is 239 Å². The molecule has 0 atom stereocenters. The molecule has 8 rings (SSSR count). The van der Waals surface area contributed by atoms with Gasteiger partial charge in [-0.1, -0.05) is 133 Å². The molecular weight excluding hydrogens is 494 g/mol. The number of fused-ring (bicyclic) bond motifs is 7. The minimum absolute atomic E-state index is 1.14. The predicted molar refractivity (Wildman–Crippen MR) is 177 cm³/mol. The van der Waals surface area contributed by atoms with Crippen LogP contribution in [0.5, 0.6) is 0 Å². The van der Waals surface area contributed by atoms with Crippen molar-refractivity contribution in [3.05, 3.63) is 164 Å². The molecule has 1 heteroatoms. The van der Waals surface area contributed by atoms with Crippen molar-refractivity contribution in [2.75, 3.05) is 4.90 Å². The minimum atomic E-state index is 1.14. The Morgan fingerprint density at radius 2 is 0.829 bits per heavy atom. The highest BCUT2D eigenvalue weighted by Gasteiger charge is 2.19. The van der Waals surface area contributed by atoms with E-state index in [1.54, 1.807) is 0 Å². The van der Waals surface area contributed by atoms with Crippen LogP contribution >= 0.6 is 0 Å². The molecular formula is C40H27N. The van der Waals surface area contributed by atoms with E-state index in [2.05, 4.69) is 169 Å². The molecule has 0 spiro atoms. The summed E-state index contributed by atoms with van der Waals surface area (Å²) < 4.78 is 0. The lowest BCUT2D eigenvalue weighted by Crippen LogP contribution is -2.11. The second-order valence-corrected chi connectivity index (χ2v) is 10.6. The molecule has 0 bridgehead atoms. The van der Waals surface area contributed by atoms with Crippen LogP contribution in [0.15, 0.2) is 164 Å². The smallest absolute Gasteiger partial charge is 0.0540 e. The Bertz CT molecular complexity index is 2180. The molecule has 8 aromatic rings. The lowest BCUT2D eigenvalue weighted by molar-refractivity contribution is 1.29. The summed E-state index contributed by atoms with van der Waals surface area (Å²) in [6.45, 7) is 0. The molecule has 8 aromatic carbocycles. The fraction of sp³-hybridized carbons (Fsp3) is 0. The van der Waals surface area contributed by atoms with Gasteiger partial charge in [0.1, 0.15) is 0 Å². The van der Waals surface area contributed by atoms with Crippen molar-refractivity contribution in [3.63, 3.8) is 0 Å². The number of benzene rings is 8. The number of anilines is 3. The molecule has 0 unspecified atom stereocenters. The van der Waals surface area contributed by atoms with Crippen LogP contribution in [0.25, 0.3) is 54.2 Å². The van der Waals surface area contributed by atoms with Crippen molar-refractivity contribution in [1.82, 2.24) is 0 Å². The monoisotopic (exact) mass is 521 g/mol. The molecule has 0 aromatic heterocycles. The highest BCUT2D eigenvalue weighted by atomic mass is 15.1. The van der Waals surface area contributed by atoms with E-state index in [-0.39, 0.29) is 0 Å². The van der Waals surface area contributed by atoms with Gasteiger partial charge in [-0.25, -0.2) is 0 Å². The van der Waals surface area contributed by atoms with Crippen molar-refractivity contribution in [2.24, 2.45) is 0 Å². The molecule has 0 aliphatic heterocycles. The van der Waals surface area contributed by atoms with Crippen molar-refractivity contribution >= 4 is 60.2 Å². The second kappa shape index (κ2) is 9.66. The lowest BCUT2D eigenvalue weighted by atomic mass is 9.93. The van der Waals surface area contributed by atoms with Crippen LogP contribution in [0.2, 0.25) is 0 Å². The van der Waals surface area contributed by atoms with E-state index in [0.717, 1.165) is 17.1 Å². The molecule has 41 heavy (non-hydrogen) atoms. The molecule has 0 fully saturated rings. The van der Waals surface area contributed by atoms with Gasteiger partial charge in [0.05, 0.1) is 5.69 Å². The Hall–Kier alpha value is -5.40. The fourth-order valence-electron chi connectivity index (χ4n) is 6.31. The third kappa shape index (κ3) is 3.94. The van der Waals surface area contributed by atoms with Crippen molar-refractivity contribution < 1.29 is 0 Å². The van der Waals surface area contributed by atoms with E-state index < -0.39 is 0 Å². The first-order valence-electron chi connectivity index (χ1n) is 14.1. The van der Waals surface area contributed by atoms with Gasteiger partial charge in [0.15, 0.2) is 0 Å². The molecule has 0 saturated heterocycles. The normalized spacial score (nSPS) is 11.4. The van der Waals surface area contributed by atoms with E-state index in [1.807, 2.05) is 0 Å². The van der Waals surface area contributed by atoms with Crippen LogP contribution in [-0.2, 0) is 0 Å². The summed E-state index contributed by atoms with van der Waals surface area (Å²) in [4.78, 5) is 2.41. The average Bonchev–Trinajstić information content (AvgIpc) is 3.05. The maximum Gasteiger partial charge on any atom is 0.0540 e. The Balaban J connectivity index is 1.44. The van der Waals surface area contributed by atoms with Crippen LogP contribution in [0, 0.1) is 0 Å². The molecule has 0 aliphatic rings. The molecule has 1 nitrogen and oxygen atoms in total. The van der Waals surface area contributed by atoms with E-state index in [0.29, 0.717) is 0 Å². The van der Waals surface area contributed by atoms with Crippen molar-refractivity contribution in [2.45, 2.75) is 0 Å². The third-order valence-corrected chi connectivity index (χ3v) is 8.21. The Kier molecular flexibility index (Phi) is 5.53. The van der Waals surface area contributed by atoms with E-state index in [9.17, 15) is 0 Å². The molecule has 0 aliphatic carbocycles. The Morgan fingerprint density at radius 1 is 0.317 bits per heavy atom. The van der Waals surface area contributed by atoms with Gasteiger partial charge in [-0.15, -0.1) is 0 Å². The van der Waals surface area contributed by atoms with Gasteiger partial charge in [0, 0.05) is 16.9 Å². The highest BCUT2D eigenvalue weighted by molar-refractivity contribution is 6.25. The SMILES string of the molecule is c1ccc(-c2ccccc2N(c2ccc3ccccc3c2)c2ccc3c4ccccc4c4ccccc4c3c2)cc1. The van der Waals surface area contributed by atoms with Gasteiger partial charge < -0.3 is 4.90 Å². The zero-order valence-electron chi connectivity index (χ0n) is 22.5. The van der Waals surface area contributed by atoms with E-state index in [1.165, 1.54) is 54.2 Å². The quantitative estimate of drug-likeness (QED) is 0.208. The summed E-state index contributed by atoms with van der Waals surface area (Å²) >= 11 is 0. The number of para-hydroxylation sites is 1. The average molecular weight is 522 g/mol. The maximum absolute atomic E-state index is 2.41. The van der Waals surface area contributed by atoms with Crippen LogP contribution in [-0.4, -0.2) is 0 Å². The van der Waals surface area contributed by atoms with Gasteiger partial charge >= 0.3 is 0 Å². The fourth-order valence-corrected chi connectivity index (χ4v) is 6.31. The van der Waals surface area contributed by atoms with Gasteiger partial charge in [-0.05, 0) is 79.0 Å². The first kappa shape index (κ1) is 23.5. The molecule has 0 N–H and O–H groups in total. The van der Waals surface area contributed by atoms with Gasteiger partial charge in [-0.2, -0.15) is 0 Å². The minimum Gasteiger partial charge on any atom is -0.310 e. The van der Waals surface area contributed by atoms with Crippen LogP contribution in [0.1, 0.15) is 0 Å². The summed E-state index contributed by atoms with van der Waals surface area (Å²) in [6, 6.07) is 59.3. The lowest BCUT2D eigenvalue weighted by Gasteiger charge is -2.28. The zero-order valence-corrected chi connectivity index (χ0v) is 22.5. The number of rotatable bonds is 4. The van der Waals surface area contributed by atoms with Gasteiger partial charge in [0.2, 0.25) is 0 Å². The number of hydrogen-bond acceptors (Lipinski definition) is 1. The van der Waals surface area contributed by atoms with Gasteiger partial charge in [0.25, 0.3) is 0 Å². The van der Waals surface area contributed by atoms with E-state index in [4.69, 9.17) is 0 Å². The summed E-state index contributed by atoms with van der Waals surface area (Å²) in [5.74, 6) is 0. The standard InChI is InChI=1S/C40H27N/c1-2-13-29(14-3-1)33-16-10-11-21-40(33)41(31-23-22-28-12-4-5-15-30(28)26-31)32-24-25-38-36-19-7-6-17-34(36)35-18-8-9-20-37(35)39(38)27-32/h1-27H. The molecule has 0 amide bonds. The maximum atomic E-state index is 2.41. The molecule has 0 radical (unpaired) electrons. The largest absolute Gasteiger partial charge is 0.310 e. The molecule has 0 saturated carbocycles. The molecule has 192 valence electrons. The van der Waals surface area contributed by atoms with E-state index >= 15 is 0 Å². The number of hydrogen-bond donors (Lipinski definition) is 0. The molecule has 0 heterocycles. The van der Waals surface area contributed by atoms with Crippen LogP contribution in [0.3, 0.4) is 0 Å². The van der Waals surface area contributed by atoms with Crippen LogP contribution < -0.4 is 4.90 Å². The van der Waals surface area contributed by atoms with Crippen molar-refractivity contribution in [1.29, 1.82) is 0 Å². The Morgan fingerprint density at radius 3 is 1.56 bits per heavy atom. The summed E-state index contributed by atoms with van der Waals surface area (Å²) in [6.07, 6.45) is 0. The van der Waals surface area contributed by atoms with Gasteiger partial charge in [-0.3, -0.25) is 0 Å². The summed E-state index contributed by atoms with van der Waals surface area (Å²) in [5, 5.41) is 10.1. The summed E-state index contributed by atoms with van der Waals surface area (Å²) in [5.41, 5.74) is 5.82. The third-order valence-electron chi connectivity index (χ3n) is 8.21. The predicted octanol–water partition coefficient (Wildman–Crippen LogP) is 11.4. The highest BCUT2D eigenvalue weighted by Crippen LogP contribution is 2.44. The first-order chi connectivity index (χ1) is 20.3. The first-order valence-corrected chi connectivity index (χ1v) is 14.1. The number of nitrogens with zero attached hydrogens (tertiary/aromatic N) is 1.